The largest absolute Gasteiger partial charge is 0.462 e. The van der Waals surface area contributed by atoms with Crippen LogP contribution in [0.4, 0.5) is 0 Å². The summed E-state index contributed by atoms with van der Waals surface area (Å²) in [6.45, 7) is 9.23. The first kappa shape index (κ1) is 15.9. The molecule has 0 aromatic carbocycles. The lowest BCUT2D eigenvalue weighted by molar-refractivity contribution is -0.264. The van der Waals surface area contributed by atoms with Crippen molar-refractivity contribution in [2.75, 3.05) is 6.54 Å². The predicted molar refractivity (Wildman–Crippen MR) is 96.4 cm³/mol. The van der Waals surface area contributed by atoms with Gasteiger partial charge in [-0.3, -0.25) is 9.69 Å². The van der Waals surface area contributed by atoms with Gasteiger partial charge in [-0.2, -0.15) is 0 Å². The second-order valence-corrected chi connectivity index (χ2v) is 11.1. The highest BCUT2D eigenvalue weighted by atomic mass is 16.5. The van der Waals surface area contributed by atoms with Crippen LogP contribution in [-0.4, -0.2) is 58.0 Å². The standard InChI is InChI=1S/C22H29NO4/c1-9-11-7-12-17-21-6-4-5-20(3)8-23(17)13(15(20)21)19(26)22(12,18(9)25)16(21)14(11)27-10(2)24/h11-19,25-26H,1,4-8H2,2-3H3/t11-,12-,13-,14-,15-,16+,17-,18-,19-,20+,21+,22+/m1/s1. The number of nitrogens with zero attached hydrogens (tertiary/aromatic N) is 1. The third kappa shape index (κ3) is 1.23. The van der Waals surface area contributed by atoms with Crippen LogP contribution in [0.1, 0.15) is 39.5 Å². The highest BCUT2D eigenvalue weighted by Crippen LogP contribution is 2.87. The molecule has 9 rings (SSSR count). The Hall–Kier alpha value is -0.910. The lowest BCUT2D eigenvalue weighted by Gasteiger charge is -2.67. The molecule has 5 nitrogen and oxygen atoms in total. The van der Waals surface area contributed by atoms with E-state index in [4.69, 9.17) is 4.74 Å². The van der Waals surface area contributed by atoms with Crippen LogP contribution in [0.5, 0.6) is 0 Å². The average molecular weight is 371 g/mol. The molecule has 9 bridgehead atoms. The minimum Gasteiger partial charge on any atom is -0.462 e. The third-order valence-electron chi connectivity index (χ3n) is 10.7. The van der Waals surface area contributed by atoms with Crippen LogP contribution in [0.15, 0.2) is 12.2 Å². The number of hydrogen-bond donors (Lipinski definition) is 2. The van der Waals surface area contributed by atoms with E-state index in [1.54, 1.807) is 0 Å². The maximum absolute atomic E-state index is 12.0. The van der Waals surface area contributed by atoms with Crippen molar-refractivity contribution < 1.29 is 19.7 Å². The second kappa shape index (κ2) is 4.17. The lowest BCUT2D eigenvalue weighted by atomic mass is 9.38. The molecule has 9 fully saturated rings. The molecule has 6 aliphatic carbocycles. The van der Waals surface area contributed by atoms with Crippen LogP contribution in [0.2, 0.25) is 0 Å². The smallest absolute Gasteiger partial charge is 0.302 e. The van der Waals surface area contributed by atoms with Crippen LogP contribution >= 0.6 is 0 Å². The minimum absolute atomic E-state index is 0.0401. The zero-order valence-electron chi connectivity index (χ0n) is 16.1. The molecule has 0 aromatic heterocycles. The Morgan fingerprint density at radius 1 is 1.30 bits per heavy atom. The molecule has 3 aliphatic heterocycles. The molecule has 0 amide bonds. The molecule has 146 valence electrons. The molecule has 6 saturated carbocycles. The number of aliphatic hydroxyl groups excluding tert-OH is 2. The maximum atomic E-state index is 12.0. The molecule has 1 unspecified atom stereocenters. The van der Waals surface area contributed by atoms with E-state index < -0.39 is 17.6 Å². The van der Waals surface area contributed by atoms with Gasteiger partial charge >= 0.3 is 5.97 Å². The van der Waals surface area contributed by atoms with Crippen molar-refractivity contribution in [1.29, 1.82) is 0 Å². The number of rotatable bonds is 1. The van der Waals surface area contributed by atoms with Crippen molar-refractivity contribution in [3.8, 4) is 0 Å². The van der Waals surface area contributed by atoms with Gasteiger partial charge in [0.25, 0.3) is 0 Å². The Labute approximate surface area is 159 Å². The summed E-state index contributed by atoms with van der Waals surface area (Å²) in [6.07, 6.45) is 3.08. The zero-order valence-corrected chi connectivity index (χ0v) is 16.1. The van der Waals surface area contributed by atoms with Crippen molar-refractivity contribution in [1.82, 2.24) is 4.90 Å². The highest BCUT2D eigenvalue weighted by molar-refractivity contribution is 5.66. The zero-order chi connectivity index (χ0) is 18.7. The van der Waals surface area contributed by atoms with Gasteiger partial charge < -0.3 is 14.9 Å². The van der Waals surface area contributed by atoms with Gasteiger partial charge in [0, 0.05) is 42.8 Å². The van der Waals surface area contributed by atoms with Crippen LogP contribution in [0.3, 0.4) is 0 Å². The Morgan fingerprint density at radius 3 is 2.81 bits per heavy atom. The Balaban J connectivity index is 1.52. The fourth-order valence-electron chi connectivity index (χ4n) is 10.8. The monoisotopic (exact) mass is 371 g/mol. The molecule has 13 atom stereocenters. The van der Waals surface area contributed by atoms with Gasteiger partial charge in [-0.25, -0.2) is 0 Å². The van der Waals surface area contributed by atoms with E-state index in [1.165, 1.54) is 19.8 Å². The summed E-state index contributed by atoms with van der Waals surface area (Å²) in [5.74, 6) is 0.647. The van der Waals surface area contributed by atoms with Gasteiger partial charge in [0.2, 0.25) is 0 Å². The van der Waals surface area contributed by atoms with Gasteiger partial charge in [0.1, 0.15) is 6.10 Å². The molecule has 2 N–H and O–H groups in total. The van der Waals surface area contributed by atoms with Crippen molar-refractivity contribution in [2.45, 2.75) is 69.9 Å². The van der Waals surface area contributed by atoms with E-state index in [2.05, 4.69) is 18.4 Å². The summed E-state index contributed by atoms with van der Waals surface area (Å²) in [5.41, 5.74) is 0.585. The van der Waals surface area contributed by atoms with Gasteiger partial charge in [-0.15, -0.1) is 0 Å². The first-order chi connectivity index (χ1) is 12.8. The molecule has 3 heterocycles. The fraction of sp³-hybridized carbons (Fsp3) is 0.864. The van der Waals surface area contributed by atoms with E-state index in [-0.39, 0.29) is 40.8 Å². The van der Waals surface area contributed by atoms with Gasteiger partial charge in [0.15, 0.2) is 0 Å². The molecule has 0 aromatic rings. The first-order valence-electron chi connectivity index (χ1n) is 10.8. The van der Waals surface area contributed by atoms with Crippen molar-refractivity contribution in [3.05, 3.63) is 12.2 Å². The van der Waals surface area contributed by atoms with Crippen molar-refractivity contribution in [2.24, 2.45) is 39.9 Å². The Bertz CT molecular complexity index is 812. The summed E-state index contributed by atoms with van der Waals surface area (Å²) in [7, 11) is 0. The fourth-order valence-corrected chi connectivity index (χ4v) is 10.8. The summed E-state index contributed by atoms with van der Waals surface area (Å²) >= 11 is 0. The summed E-state index contributed by atoms with van der Waals surface area (Å²) in [4.78, 5) is 14.7. The van der Waals surface area contributed by atoms with E-state index >= 15 is 0 Å². The topological polar surface area (TPSA) is 70.0 Å². The Morgan fingerprint density at radius 2 is 2.07 bits per heavy atom. The minimum atomic E-state index is -0.660. The number of carbonyl (C=O) groups excluding carboxylic acids is 1. The Kier molecular flexibility index (Phi) is 2.46. The van der Waals surface area contributed by atoms with Crippen molar-refractivity contribution in [3.63, 3.8) is 0 Å². The third-order valence-corrected chi connectivity index (χ3v) is 10.7. The number of carbonyl (C=O) groups is 1. The van der Waals surface area contributed by atoms with E-state index in [9.17, 15) is 15.0 Å². The molecule has 5 heteroatoms. The van der Waals surface area contributed by atoms with Crippen molar-refractivity contribution >= 4 is 5.97 Å². The number of piperidine rings is 2. The second-order valence-electron chi connectivity index (χ2n) is 11.1. The maximum Gasteiger partial charge on any atom is 0.302 e. The van der Waals surface area contributed by atoms with E-state index in [0.717, 1.165) is 25.0 Å². The average Bonchev–Trinajstić information content (AvgIpc) is 3.08. The summed E-state index contributed by atoms with van der Waals surface area (Å²) in [6, 6.07) is 0.614. The number of aliphatic hydroxyl groups is 2. The van der Waals surface area contributed by atoms with Crippen LogP contribution in [-0.2, 0) is 9.53 Å². The number of hydrogen-bond acceptors (Lipinski definition) is 5. The SMILES string of the molecule is C=C1[C@H]2C[C@@H]3[C@H]4N5C[C@]6(C)CCC[C@@]47[C@@H]6[C@@H]5[C@@H](O)[C@]3([C@@H]1O)[C@H]7[C@@H]2OC(C)=O. The summed E-state index contributed by atoms with van der Waals surface area (Å²) in [5, 5.41) is 23.2. The summed E-state index contributed by atoms with van der Waals surface area (Å²) < 4.78 is 6.01. The number of esters is 1. The number of fused-ring (bicyclic) bond motifs is 1. The molecule has 2 spiro atoms. The van der Waals surface area contributed by atoms with Crippen LogP contribution < -0.4 is 0 Å². The normalized spacial score (nSPS) is 68.7. The van der Waals surface area contributed by atoms with Gasteiger partial charge in [0.05, 0.1) is 12.2 Å². The van der Waals surface area contributed by atoms with Crippen LogP contribution in [0, 0.1) is 39.9 Å². The van der Waals surface area contributed by atoms with Crippen LogP contribution in [0.25, 0.3) is 0 Å². The van der Waals surface area contributed by atoms with E-state index in [0.29, 0.717) is 17.9 Å². The van der Waals surface area contributed by atoms with Gasteiger partial charge in [-0.1, -0.05) is 19.9 Å². The molecule has 0 radical (unpaired) electrons. The molecule has 27 heavy (non-hydrogen) atoms. The lowest BCUT2D eigenvalue weighted by Crippen LogP contribution is -2.75. The number of ether oxygens (including phenoxy) is 1. The van der Waals surface area contributed by atoms with E-state index in [1.807, 2.05) is 0 Å². The molecular formula is C22H29NO4. The predicted octanol–water partition coefficient (Wildman–Crippen LogP) is 1.33. The molecule has 9 aliphatic rings. The first-order valence-corrected chi connectivity index (χ1v) is 10.8. The molecular weight excluding hydrogens is 342 g/mol. The quantitative estimate of drug-likeness (QED) is 0.538. The molecule has 3 saturated heterocycles. The van der Waals surface area contributed by atoms with Gasteiger partial charge in [-0.05, 0) is 47.5 Å². The highest BCUT2D eigenvalue weighted by Gasteiger charge is 2.92.